The van der Waals surface area contributed by atoms with Crippen LogP contribution in [0.1, 0.15) is 49.4 Å². The molecule has 28 heavy (non-hydrogen) atoms. The predicted octanol–water partition coefficient (Wildman–Crippen LogP) is 4.62. The number of furan rings is 1. The molecule has 1 fully saturated rings. The molecule has 0 spiro atoms. The minimum absolute atomic E-state index is 0.482. The van der Waals surface area contributed by atoms with Gasteiger partial charge in [0.25, 0.3) is 0 Å². The van der Waals surface area contributed by atoms with E-state index in [9.17, 15) is 0 Å². The molecule has 5 heteroatoms. The van der Waals surface area contributed by atoms with Crippen LogP contribution in [-0.4, -0.2) is 39.3 Å². The van der Waals surface area contributed by atoms with E-state index in [1.54, 1.807) is 0 Å². The van der Waals surface area contributed by atoms with Crippen molar-refractivity contribution in [3.05, 3.63) is 66.1 Å². The molecule has 1 atom stereocenters. The van der Waals surface area contributed by atoms with Gasteiger partial charge in [-0.2, -0.15) is 0 Å². The van der Waals surface area contributed by atoms with Crippen molar-refractivity contribution in [2.75, 3.05) is 19.6 Å². The van der Waals surface area contributed by atoms with Crippen LogP contribution in [0.4, 0.5) is 0 Å². The van der Waals surface area contributed by atoms with E-state index < -0.39 is 0 Å². The minimum Gasteiger partial charge on any atom is -0.466 e. The van der Waals surface area contributed by atoms with E-state index in [0.29, 0.717) is 11.8 Å². The SMILES string of the molecule is Cc1ccc(C(C)CCN2CCC(Cc3nncn3-c3ccccc3)CC2)o1. The lowest BCUT2D eigenvalue weighted by Crippen LogP contribution is -2.35. The molecule has 5 nitrogen and oxygen atoms in total. The number of aromatic nitrogens is 3. The monoisotopic (exact) mass is 378 g/mol. The lowest BCUT2D eigenvalue weighted by molar-refractivity contribution is 0.176. The zero-order chi connectivity index (χ0) is 19.3. The second-order valence-corrected chi connectivity index (χ2v) is 8.08. The Balaban J connectivity index is 1.26. The lowest BCUT2D eigenvalue weighted by Gasteiger charge is -2.32. The van der Waals surface area contributed by atoms with Gasteiger partial charge in [-0.3, -0.25) is 4.57 Å². The van der Waals surface area contributed by atoms with Gasteiger partial charge in [0.05, 0.1) is 0 Å². The summed E-state index contributed by atoms with van der Waals surface area (Å²) in [4.78, 5) is 2.60. The minimum atomic E-state index is 0.482. The maximum Gasteiger partial charge on any atom is 0.137 e. The Bertz CT molecular complexity index is 862. The molecule has 1 aliphatic heterocycles. The number of hydrogen-bond donors (Lipinski definition) is 0. The summed E-state index contributed by atoms with van der Waals surface area (Å²) >= 11 is 0. The molecule has 0 aliphatic carbocycles. The van der Waals surface area contributed by atoms with E-state index in [-0.39, 0.29) is 0 Å². The van der Waals surface area contributed by atoms with Crippen LogP contribution < -0.4 is 0 Å². The van der Waals surface area contributed by atoms with Gasteiger partial charge in [-0.05, 0) is 76.0 Å². The quantitative estimate of drug-likeness (QED) is 0.602. The van der Waals surface area contributed by atoms with Crippen molar-refractivity contribution in [3.63, 3.8) is 0 Å². The summed E-state index contributed by atoms with van der Waals surface area (Å²) in [6, 6.07) is 14.6. The van der Waals surface area contributed by atoms with E-state index in [4.69, 9.17) is 4.42 Å². The van der Waals surface area contributed by atoms with Crippen molar-refractivity contribution in [1.29, 1.82) is 0 Å². The average Bonchev–Trinajstić information content (AvgIpc) is 3.37. The highest BCUT2D eigenvalue weighted by atomic mass is 16.3. The van der Waals surface area contributed by atoms with Crippen LogP contribution in [0.3, 0.4) is 0 Å². The summed E-state index contributed by atoms with van der Waals surface area (Å²) < 4.78 is 7.90. The average molecular weight is 379 g/mol. The number of rotatable bonds is 7. The van der Waals surface area contributed by atoms with Gasteiger partial charge in [-0.15, -0.1) is 10.2 Å². The van der Waals surface area contributed by atoms with E-state index in [2.05, 4.69) is 63.0 Å². The smallest absolute Gasteiger partial charge is 0.137 e. The van der Waals surface area contributed by atoms with Gasteiger partial charge in [0.1, 0.15) is 23.7 Å². The van der Waals surface area contributed by atoms with Crippen molar-refractivity contribution >= 4 is 0 Å². The third kappa shape index (κ3) is 4.53. The predicted molar refractivity (Wildman–Crippen MR) is 111 cm³/mol. The molecule has 1 aliphatic rings. The topological polar surface area (TPSA) is 47.1 Å². The van der Waals surface area contributed by atoms with Crippen LogP contribution >= 0.6 is 0 Å². The normalized spacial score (nSPS) is 17.1. The van der Waals surface area contributed by atoms with Gasteiger partial charge in [-0.25, -0.2) is 0 Å². The molecule has 0 amide bonds. The van der Waals surface area contributed by atoms with Gasteiger partial charge in [-0.1, -0.05) is 25.1 Å². The summed E-state index contributed by atoms with van der Waals surface area (Å²) in [5.41, 5.74) is 1.14. The fraction of sp³-hybridized carbons (Fsp3) is 0.478. The highest BCUT2D eigenvalue weighted by Crippen LogP contribution is 2.25. The van der Waals surface area contributed by atoms with Gasteiger partial charge < -0.3 is 9.32 Å². The lowest BCUT2D eigenvalue weighted by atomic mass is 9.92. The standard InChI is InChI=1S/C23H30N4O/c1-18(22-9-8-19(2)28-22)10-13-26-14-11-20(12-15-26)16-23-25-24-17-27(23)21-6-4-3-5-7-21/h3-9,17-18,20H,10-16H2,1-2H3. The third-order valence-electron chi connectivity index (χ3n) is 5.96. The highest BCUT2D eigenvalue weighted by molar-refractivity contribution is 5.32. The van der Waals surface area contributed by atoms with Crippen molar-refractivity contribution in [2.45, 2.75) is 45.4 Å². The van der Waals surface area contributed by atoms with Crippen molar-refractivity contribution in [2.24, 2.45) is 5.92 Å². The molecule has 3 aromatic rings. The Kier molecular flexibility index (Phi) is 5.91. The Morgan fingerprint density at radius 2 is 1.89 bits per heavy atom. The Morgan fingerprint density at radius 3 is 2.61 bits per heavy atom. The van der Waals surface area contributed by atoms with Crippen LogP contribution in [0.5, 0.6) is 0 Å². The van der Waals surface area contributed by atoms with Crippen LogP contribution in [0.2, 0.25) is 0 Å². The molecule has 1 saturated heterocycles. The molecule has 2 aromatic heterocycles. The van der Waals surface area contributed by atoms with Crippen LogP contribution in [0.15, 0.2) is 53.2 Å². The van der Waals surface area contributed by atoms with E-state index in [0.717, 1.165) is 42.4 Å². The molecular formula is C23H30N4O. The summed E-state index contributed by atoms with van der Waals surface area (Å²) in [6.07, 6.45) is 6.45. The molecule has 0 saturated carbocycles. The molecule has 1 aromatic carbocycles. The van der Waals surface area contributed by atoms with Crippen LogP contribution in [0, 0.1) is 12.8 Å². The van der Waals surface area contributed by atoms with Gasteiger partial charge in [0.2, 0.25) is 0 Å². The zero-order valence-corrected chi connectivity index (χ0v) is 16.9. The molecule has 3 heterocycles. The molecule has 0 bridgehead atoms. The molecule has 148 valence electrons. The first-order valence-electron chi connectivity index (χ1n) is 10.4. The van der Waals surface area contributed by atoms with Crippen molar-refractivity contribution < 1.29 is 4.42 Å². The molecule has 0 radical (unpaired) electrons. The maximum absolute atomic E-state index is 5.77. The first-order chi connectivity index (χ1) is 13.7. The van der Waals surface area contributed by atoms with Crippen LogP contribution in [-0.2, 0) is 6.42 Å². The number of hydrogen-bond acceptors (Lipinski definition) is 4. The molecule has 0 N–H and O–H groups in total. The number of para-hydroxylation sites is 1. The molecule has 4 rings (SSSR count). The van der Waals surface area contributed by atoms with E-state index in [1.165, 1.54) is 25.9 Å². The number of aryl methyl sites for hydroxylation is 1. The van der Waals surface area contributed by atoms with Gasteiger partial charge >= 0.3 is 0 Å². The van der Waals surface area contributed by atoms with E-state index in [1.807, 2.05) is 19.3 Å². The Hall–Kier alpha value is -2.40. The van der Waals surface area contributed by atoms with Gasteiger partial charge in [0, 0.05) is 18.0 Å². The van der Waals surface area contributed by atoms with Crippen molar-refractivity contribution in [3.8, 4) is 5.69 Å². The molecule has 1 unspecified atom stereocenters. The van der Waals surface area contributed by atoms with Crippen molar-refractivity contribution in [1.82, 2.24) is 19.7 Å². The Morgan fingerprint density at radius 1 is 1.11 bits per heavy atom. The van der Waals surface area contributed by atoms with Crippen LogP contribution in [0.25, 0.3) is 5.69 Å². The third-order valence-corrected chi connectivity index (χ3v) is 5.96. The second kappa shape index (κ2) is 8.74. The number of piperidine rings is 1. The number of benzene rings is 1. The van der Waals surface area contributed by atoms with Gasteiger partial charge in [0.15, 0.2) is 0 Å². The summed E-state index contributed by atoms with van der Waals surface area (Å²) in [6.45, 7) is 7.77. The Labute approximate surface area is 167 Å². The summed E-state index contributed by atoms with van der Waals surface area (Å²) in [5, 5.41) is 8.54. The first-order valence-corrected chi connectivity index (χ1v) is 10.4. The number of nitrogens with zero attached hydrogens (tertiary/aromatic N) is 4. The first kappa shape index (κ1) is 18.9. The second-order valence-electron chi connectivity index (χ2n) is 8.08. The molecular weight excluding hydrogens is 348 g/mol. The summed E-state index contributed by atoms with van der Waals surface area (Å²) in [7, 11) is 0. The largest absolute Gasteiger partial charge is 0.466 e. The number of likely N-dealkylation sites (tertiary alicyclic amines) is 1. The fourth-order valence-electron chi connectivity index (χ4n) is 4.11. The fourth-order valence-corrected chi connectivity index (χ4v) is 4.11. The zero-order valence-electron chi connectivity index (χ0n) is 16.9. The maximum atomic E-state index is 5.77. The van der Waals surface area contributed by atoms with E-state index >= 15 is 0 Å². The highest BCUT2D eigenvalue weighted by Gasteiger charge is 2.22. The summed E-state index contributed by atoms with van der Waals surface area (Å²) in [5.74, 6) is 4.37.